The molecule has 0 amide bonds. The minimum atomic E-state index is 0.782. The lowest BCUT2D eigenvalue weighted by Gasteiger charge is -2.33. The molecule has 1 aromatic rings. The van der Waals surface area contributed by atoms with E-state index in [1.54, 1.807) is 14.2 Å². The molecule has 106 valence electrons. The van der Waals surface area contributed by atoms with Crippen molar-refractivity contribution in [3.63, 3.8) is 0 Å². The third-order valence-corrected chi connectivity index (χ3v) is 3.92. The van der Waals surface area contributed by atoms with Crippen LogP contribution >= 0.6 is 0 Å². The summed E-state index contributed by atoms with van der Waals surface area (Å²) in [6.07, 6.45) is 3.61. The molecule has 1 saturated heterocycles. The van der Waals surface area contributed by atoms with Gasteiger partial charge in [-0.15, -0.1) is 0 Å². The van der Waals surface area contributed by atoms with Crippen LogP contribution in [0.3, 0.4) is 0 Å². The van der Waals surface area contributed by atoms with Crippen molar-refractivity contribution < 1.29 is 9.47 Å². The summed E-state index contributed by atoms with van der Waals surface area (Å²) in [7, 11) is 3.34. The molecule has 0 bridgehead atoms. The van der Waals surface area contributed by atoms with Gasteiger partial charge in [0.05, 0.1) is 14.2 Å². The number of ether oxygens (including phenoxy) is 2. The molecule has 2 rings (SSSR count). The normalized spacial score (nSPS) is 16.5. The van der Waals surface area contributed by atoms with Crippen molar-refractivity contribution >= 4 is 5.69 Å². The lowest BCUT2D eigenvalue weighted by atomic mass is 9.93. The van der Waals surface area contributed by atoms with Crippen molar-refractivity contribution in [3.8, 4) is 11.5 Å². The Morgan fingerprint density at radius 1 is 1.16 bits per heavy atom. The highest BCUT2D eigenvalue weighted by atomic mass is 16.5. The van der Waals surface area contributed by atoms with E-state index >= 15 is 0 Å². The first-order valence-corrected chi connectivity index (χ1v) is 6.95. The summed E-state index contributed by atoms with van der Waals surface area (Å²) in [5.41, 5.74) is 6.84. The van der Waals surface area contributed by atoms with Gasteiger partial charge >= 0.3 is 0 Å². The Kier molecular flexibility index (Phi) is 4.91. The van der Waals surface area contributed by atoms with Gasteiger partial charge in [0, 0.05) is 24.8 Å². The van der Waals surface area contributed by atoms with Crippen molar-refractivity contribution in [2.75, 3.05) is 38.8 Å². The second-order valence-corrected chi connectivity index (χ2v) is 5.05. The van der Waals surface area contributed by atoms with Crippen LogP contribution in [-0.2, 0) is 0 Å². The number of methoxy groups -OCH3 is 2. The SMILES string of the molecule is COc1ccc(N2CCC(CCN)CC2)cc1OC. The Bertz CT molecular complexity index is 401. The molecule has 1 heterocycles. The summed E-state index contributed by atoms with van der Waals surface area (Å²) in [6, 6.07) is 6.13. The van der Waals surface area contributed by atoms with Gasteiger partial charge in [-0.25, -0.2) is 0 Å². The van der Waals surface area contributed by atoms with Crippen LogP contribution in [0.1, 0.15) is 19.3 Å². The topological polar surface area (TPSA) is 47.7 Å². The molecule has 0 spiro atoms. The minimum absolute atomic E-state index is 0.782. The molecular weight excluding hydrogens is 240 g/mol. The Labute approximate surface area is 115 Å². The second kappa shape index (κ2) is 6.66. The summed E-state index contributed by atoms with van der Waals surface area (Å²) in [6.45, 7) is 3.00. The van der Waals surface area contributed by atoms with E-state index in [0.717, 1.165) is 43.5 Å². The largest absolute Gasteiger partial charge is 0.493 e. The van der Waals surface area contributed by atoms with E-state index in [9.17, 15) is 0 Å². The van der Waals surface area contributed by atoms with Crippen LogP contribution in [0.5, 0.6) is 11.5 Å². The van der Waals surface area contributed by atoms with Crippen LogP contribution in [0.25, 0.3) is 0 Å². The van der Waals surface area contributed by atoms with Crippen LogP contribution in [0.15, 0.2) is 18.2 Å². The predicted octanol–water partition coefficient (Wildman–Crippen LogP) is 2.27. The van der Waals surface area contributed by atoms with Gasteiger partial charge in [-0.05, 0) is 43.9 Å². The first kappa shape index (κ1) is 14.0. The van der Waals surface area contributed by atoms with E-state index in [-0.39, 0.29) is 0 Å². The zero-order valence-corrected chi connectivity index (χ0v) is 11.9. The molecule has 0 radical (unpaired) electrons. The second-order valence-electron chi connectivity index (χ2n) is 5.05. The molecular formula is C15H24N2O2. The van der Waals surface area contributed by atoms with Crippen LogP contribution < -0.4 is 20.1 Å². The smallest absolute Gasteiger partial charge is 0.162 e. The predicted molar refractivity (Wildman–Crippen MR) is 78.2 cm³/mol. The monoisotopic (exact) mass is 264 g/mol. The van der Waals surface area contributed by atoms with Gasteiger partial charge in [0.1, 0.15) is 0 Å². The number of nitrogens with two attached hydrogens (primary N) is 1. The highest BCUT2D eigenvalue weighted by Gasteiger charge is 2.19. The number of anilines is 1. The van der Waals surface area contributed by atoms with Gasteiger partial charge in [0.15, 0.2) is 11.5 Å². The quantitative estimate of drug-likeness (QED) is 0.886. The van der Waals surface area contributed by atoms with Gasteiger partial charge < -0.3 is 20.1 Å². The van der Waals surface area contributed by atoms with Crippen LogP contribution in [0.2, 0.25) is 0 Å². The number of piperidine rings is 1. The standard InChI is InChI=1S/C15H24N2O2/c1-18-14-4-3-13(11-15(14)19-2)17-9-6-12(5-8-16)7-10-17/h3-4,11-12H,5-10,16H2,1-2H3. The van der Waals surface area contributed by atoms with Gasteiger partial charge in [0.25, 0.3) is 0 Å². The number of rotatable bonds is 5. The summed E-state index contributed by atoms with van der Waals surface area (Å²) in [4.78, 5) is 2.41. The van der Waals surface area contributed by atoms with Gasteiger partial charge in [-0.2, -0.15) is 0 Å². The molecule has 0 aromatic heterocycles. The zero-order valence-electron chi connectivity index (χ0n) is 11.9. The highest BCUT2D eigenvalue weighted by molar-refractivity contribution is 5.56. The number of hydrogen-bond donors (Lipinski definition) is 1. The Morgan fingerprint density at radius 2 is 1.84 bits per heavy atom. The molecule has 0 unspecified atom stereocenters. The van der Waals surface area contributed by atoms with Gasteiger partial charge in [-0.3, -0.25) is 0 Å². The third kappa shape index (κ3) is 3.32. The Balaban J connectivity index is 2.03. The lowest BCUT2D eigenvalue weighted by Crippen LogP contribution is -2.34. The minimum Gasteiger partial charge on any atom is -0.493 e. The summed E-state index contributed by atoms with van der Waals surface area (Å²) < 4.78 is 10.6. The van der Waals surface area contributed by atoms with E-state index in [0.29, 0.717) is 0 Å². The van der Waals surface area contributed by atoms with Crippen molar-refractivity contribution in [1.29, 1.82) is 0 Å². The molecule has 0 atom stereocenters. The fourth-order valence-electron chi connectivity index (χ4n) is 2.74. The van der Waals surface area contributed by atoms with Crippen LogP contribution in [0, 0.1) is 5.92 Å². The molecule has 2 N–H and O–H groups in total. The third-order valence-electron chi connectivity index (χ3n) is 3.92. The van der Waals surface area contributed by atoms with Gasteiger partial charge in [-0.1, -0.05) is 0 Å². The molecule has 4 heteroatoms. The number of benzene rings is 1. The van der Waals surface area contributed by atoms with Crippen LogP contribution in [0.4, 0.5) is 5.69 Å². The maximum absolute atomic E-state index is 5.63. The van der Waals surface area contributed by atoms with E-state index in [1.165, 1.54) is 18.5 Å². The average molecular weight is 264 g/mol. The highest BCUT2D eigenvalue weighted by Crippen LogP contribution is 2.33. The van der Waals surface area contributed by atoms with Gasteiger partial charge in [0.2, 0.25) is 0 Å². The number of hydrogen-bond acceptors (Lipinski definition) is 4. The molecule has 1 aliphatic rings. The molecule has 1 aliphatic heterocycles. The van der Waals surface area contributed by atoms with Crippen molar-refractivity contribution in [3.05, 3.63) is 18.2 Å². The van der Waals surface area contributed by atoms with Crippen molar-refractivity contribution in [2.45, 2.75) is 19.3 Å². The fourth-order valence-corrected chi connectivity index (χ4v) is 2.74. The molecule has 1 aromatic carbocycles. The summed E-state index contributed by atoms with van der Waals surface area (Å²) >= 11 is 0. The summed E-state index contributed by atoms with van der Waals surface area (Å²) in [5.74, 6) is 2.37. The molecule has 4 nitrogen and oxygen atoms in total. The molecule has 1 fully saturated rings. The van der Waals surface area contributed by atoms with E-state index < -0.39 is 0 Å². The van der Waals surface area contributed by atoms with Crippen molar-refractivity contribution in [1.82, 2.24) is 0 Å². The summed E-state index contributed by atoms with van der Waals surface area (Å²) in [5, 5.41) is 0. The molecule has 0 saturated carbocycles. The maximum atomic E-state index is 5.63. The lowest BCUT2D eigenvalue weighted by molar-refractivity contribution is 0.354. The van der Waals surface area contributed by atoms with E-state index in [4.69, 9.17) is 15.2 Å². The average Bonchev–Trinajstić information content (AvgIpc) is 2.47. The molecule has 0 aliphatic carbocycles. The van der Waals surface area contributed by atoms with E-state index in [1.807, 2.05) is 6.07 Å². The first-order chi connectivity index (χ1) is 9.28. The fraction of sp³-hybridized carbons (Fsp3) is 0.600. The zero-order chi connectivity index (χ0) is 13.7. The Hall–Kier alpha value is -1.42. The first-order valence-electron chi connectivity index (χ1n) is 6.95. The Morgan fingerprint density at radius 3 is 2.42 bits per heavy atom. The van der Waals surface area contributed by atoms with Crippen LogP contribution in [-0.4, -0.2) is 33.9 Å². The van der Waals surface area contributed by atoms with E-state index in [2.05, 4.69) is 17.0 Å². The number of nitrogens with zero attached hydrogens (tertiary/aromatic N) is 1. The van der Waals surface area contributed by atoms with Crippen molar-refractivity contribution in [2.24, 2.45) is 11.7 Å². The maximum Gasteiger partial charge on any atom is 0.162 e. The molecule has 19 heavy (non-hydrogen) atoms.